The molecule has 0 atom stereocenters. The Hall–Kier alpha value is -0.850. The highest BCUT2D eigenvalue weighted by Gasteiger charge is 1.95. The van der Waals surface area contributed by atoms with Gasteiger partial charge in [0.15, 0.2) is 0 Å². The summed E-state index contributed by atoms with van der Waals surface area (Å²) in [5.41, 5.74) is 1.13. The van der Waals surface area contributed by atoms with E-state index in [2.05, 4.69) is 6.92 Å². The highest BCUT2D eigenvalue weighted by atomic mass is 19.1. The largest absolute Gasteiger partial charge is 0.207 e. The van der Waals surface area contributed by atoms with Gasteiger partial charge in [0.25, 0.3) is 0 Å². The Balaban J connectivity index is 2.18. The van der Waals surface area contributed by atoms with Gasteiger partial charge in [-0.1, -0.05) is 44.7 Å². The fourth-order valence-corrected chi connectivity index (χ4v) is 1.63. The van der Waals surface area contributed by atoms with E-state index in [1.54, 1.807) is 12.1 Å². The number of halogens is 1. The van der Waals surface area contributed by atoms with Crippen LogP contribution < -0.4 is 0 Å². The van der Waals surface area contributed by atoms with E-state index in [1.807, 2.05) is 6.07 Å². The first kappa shape index (κ1) is 11.2. The lowest BCUT2D eigenvalue weighted by Gasteiger charge is -2.01. The summed E-state index contributed by atoms with van der Waals surface area (Å²) in [6, 6.07) is 6.93. The van der Waals surface area contributed by atoms with Crippen molar-refractivity contribution in [3.63, 3.8) is 0 Å². The van der Waals surface area contributed by atoms with Crippen molar-refractivity contribution < 1.29 is 4.39 Å². The molecule has 78 valence electrons. The molecule has 0 saturated carbocycles. The molecule has 0 N–H and O–H groups in total. The second-order valence-corrected chi connectivity index (χ2v) is 3.79. The molecule has 0 aliphatic carbocycles. The van der Waals surface area contributed by atoms with Crippen LogP contribution in [0.2, 0.25) is 0 Å². The molecule has 0 aromatic heterocycles. The van der Waals surface area contributed by atoms with Crippen LogP contribution >= 0.6 is 0 Å². The Morgan fingerprint density at radius 3 is 2.57 bits per heavy atom. The van der Waals surface area contributed by atoms with Gasteiger partial charge >= 0.3 is 0 Å². The fourth-order valence-electron chi connectivity index (χ4n) is 1.63. The molecule has 0 heterocycles. The van der Waals surface area contributed by atoms with Gasteiger partial charge in [0.05, 0.1) is 0 Å². The summed E-state index contributed by atoms with van der Waals surface area (Å²) < 4.78 is 12.8. The normalized spacial score (nSPS) is 10.4. The SMILES string of the molecule is CCCCCCCc1cccc(F)c1. The molecule has 1 aromatic rings. The average Bonchev–Trinajstić information content (AvgIpc) is 2.18. The van der Waals surface area contributed by atoms with Crippen LogP contribution in [0.15, 0.2) is 24.3 Å². The zero-order valence-electron chi connectivity index (χ0n) is 8.93. The first-order valence-corrected chi connectivity index (χ1v) is 5.57. The molecule has 0 fully saturated rings. The summed E-state index contributed by atoms with van der Waals surface area (Å²) in [5, 5.41) is 0. The minimum atomic E-state index is -0.115. The maximum Gasteiger partial charge on any atom is 0.123 e. The Morgan fingerprint density at radius 2 is 1.86 bits per heavy atom. The van der Waals surface area contributed by atoms with E-state index in [0.29, 0.717) is 0 Å². The molecule has 14 heavy (non-hydrogen) atoms. The summed E-state index contributed by atoms with van der Waals surface area (Å²) in [6.07, 6.45) is 7.38. The number of hydrogen-bond donors (Lipinski definition) is 0. The molecular weight excluding hydrogens is 175 g/mol. The Bertz CT molecular complexity index is 255. The van der Waals surface area contributed by atoms with E-state index in [0.717, 1.165) is 12.0 Å². The molecule has 0 saturated heterocycles. The van der Waals surface area contributed by atoms with Crippen molar-refractivity contribution in [3.8, 4) is 0 Å². The van der Waals surface area contributed by atoms with Gasteiger partial charge in [-0.3, -0.25) is 0 Å². The molecule has 0 radical (unpaired) electrons. The number of benzene rings is 1. The monoisotopic (exact) mass is 194 g/mol. The van der Waals surface area contributed by atoms with Crippen molar-refractivity contribution >= 4 is 0 Å². The minimum Gasteiger partial charge on any atom is -0.207 e. The summed E-state index contributed by atoms with van der Waals surface area (Å²) in [5.74, 6) is -0.115. The van der Waals surface area contributed by atoms with E-state index in [9.17, 15) is 4.39 Å². The van der Waals surface area contributed by atoms with Crippen LogP contribution in [0.3, 0.4) is 0 Å². The first-order chi connectivity index (χ1) is 6.83. The van der Waals surface area contributed by atoms with Crippen molar-refractivity contribution in [2.24, 2.45) is 0 Å². The lowest BCUT2D eigenvalue weighted by atomic mass is 10.1. The van der Waals surface area contributed by atoms with Gasteiger partial charge < -0.3 is 0 Å². The topological polar surface area (TPSA) is 0 Å². The number of hydrogen-bond acceptors (Lipinski definition) is 0. The second kappa shape index (κ2) is 6.58. The summed E-state index contributed by atoms with van der Waals surface area (Å²) >= 11 is 0. The molecule has 0 nitrogen and oxygen atoms in total. The van der Waals surface area contributed by atoms with Crippen LogP contribution in [-0.4, -0.2) is 0 Å². The molecule has 0 spiro atoms. The van der Waals surface area contributed by atoms with E-state index < -0.39 is 0 Å². The fraction of sp³-hybridized carbons (Fsp3) is 0.538. The quantitative estimate of drug-likeness (QED) is 0.591. The van der Waals surface area contributed by atoms with Crippen molar-refractivity contribution in [1.29, 1.82) is 0 Å². The molecule has 1 rings (SSSR count). The number of rotatable bonds is 6. The average molecular weight is 194 g/mol. The maximum absolute atomic E-state index is 12.8. The third-order valence-corrected chi connectivity index (χ3v) is 2.46. The smallest absolute Gasteiger partial charge is 0.123 e. The maximum atomic E-state index is 12.8. The third kappa shape index (κ3) is 4.40. The lowest BCUT2D eigenvalue weighted by molar-refractivity contribution is 0.615. The minimum absolute atomic E-state index is 0.115. The summed E-state index contributed by atoms with van der Waals surface area (Å²) in [7, 11) is 0. The zero-order valence-corrected chi connectivity index (χ0v) is 8.93. The Labute approximate surface area is 86.2 Å². The third-order valence-electron chi connectivity index (χ3n) is 2.46. The van der Waals surface area contributed by atoms with Gasteiger partial charge in [0.2, 0.25) is 0 Å². The Morgan fingerprint density at radius 1 is 1.07 bits per heavy atom. The van der Waals surface area contributed by atoms with E-state index in [-0.39, 0.29) is 5.82 Å². The predicted octanol–water partition coefficient (Wildman–Crippen LogP) is 4.34. The molecule has 1 aromatic carbocycles. The van der Waals surface area contributed by atoms with Crippen LogP contribution in [0.5, 0.6) is 0 Å². The van der Waals surface area contributed by atoms with Crippen LogP contribution in [-0.2, 0) is 6.42 Å². The van der Waals surface area contributed by atoms with Gasteiger partial charge in [-0.25, -0.2) is 4.39 Å². The lowest BCUT2D eigenvalue weighted by Crippen LogP contribution is -1.87. The van der Waals surface area contributed by atoms with Gasteiger partial charge in [0, 0.05) is 0 Å². The van der Waals surface area contributed by atoms with Crippen LogP contribution in [0.25, 0.3) is 0 Å². The molecule has 0 bridgehead atoms. The molecule has 0 amide bonds. The van der Waals surface area contributed by atoms with E-state index in [1.165, 1.54) is 38.2 Å². The Kier molecular flexibility index (Phi) is 5.28. The van der Waals surface area contributed by atoms with Crippen LogP contribution in [0.4, 0.5) is 4.39 Å². The number of aryl methyl sites for hydroxylation is 1. The molecule has 0 aliphatic rings. The molecule has 0 unspecified atom stereocenters. The zero-order chi connectivity index (χ0) is 10.2. The van der Waals surface area contributed by atoms with Crippen LogP contribution in [0, 0.1) is 5.82 Å². The second-order valence-electron chi connectivity index (χ2n) is 3.79. The van der Waals surface area contributed by atoms with Gasteiger partial charge in [-0.2, -0.15) is 0 Å². The highest BCUT2D eigenvalue weighted by Crippen LogP contribution is 2.10. The van der Waals surface area contributed by atoms with E-state index >= 15 is 0 Å². The van der Waals surface area contributed by atoms with E-state index in [4.69, 9.17) is 0 Å². The summed E-state index contributed by atoms with van der Waals surface area (Å²) in [4.78, 5) is 0. The van der Waals surface area contributed by atoms with Crippen molar-refractivity contribution in [2.45, 2.75) is 45.4 Å². The van der Waals surface area contributed by atoms with Crippen molar-refractivity contribution in [3.05, 3.63) is 35.6 Å². The molecule has 1 heteroatoms. The molecular formula is C13H19F. The first-order valence-electron chi connectivity index (χ1n) is 5.57. The van der Waals surface area contributed by atoms with Crippen LogP contribution in [0.1, 0.15) is 44.6 Å². The van der Waals surface area contributed by atoms with Gasteiger partial charge in [-0.15, -0.1) is 0 Å². The standard InChI is InChI=1S/C13H19F/c1-2-3-4-5-6-8-12-9-7-10-13(14)11-12/h7,9-11H,2-6,8H2,1H3. The highest BCUT2D eigenvalue weighted by molar-refractivity contribution is 5.16. The van der Waals surface area contributed by atoms with Gasteiger partial charge in [-0.05, 0) is 30.5 Å². The number of unbranched alkanes of at least 4 members (excludes halogenated alkanes) is 4. The van der Waals surface area contributed by atoms with Crippen molar-refractivity contribution in [1.82, 2.24) is 0 Å². The molecule has 0 aliphatic heterocycles. The summed E-state index contributed by atoms with van der Waals surface area (Å²) in [6.45, 7) is 2.21. The predicted molar refractivity (Wildman–Crippen MR) is 58.9 cm³/mol. The van der Waals surface area contributed by atoms with Gasteiger partial charge in [0.1, 0.15) is 5.82 Å². The van der Waals surface area contributed by atoms with Crippen molar-refractivity contribution in [2.75, 3.05) is 0 Å².